The molecule has 0 amide bonds. The Hall–Kier alpha value is -1.85. The summed E-state index contributed by atoms with van der Waals surface area (Å²) in [5.41, 5.74) is 0. The van der Waals surface area contributed by atoms with Crippen LogP contribution in [0.4, 0.5) is 8.78 Å². The highest BCUT2D eigenvalue weighted by molar-refractivity contribution is 5.72. The fourth-order valence-corrected chi connectivity index (χ4v) is 1.29. The van der Waals surface area contributed by atoms with Crippen LogP contribution in [0.5, 0.6) is 17.2 Å². The Labute approximate surface area is 103 Å². The van der Waals surface area contributed by atoms with Gasteiger partial charge < -0.3 is 14.2 Å². The van der Waals surface area contributed by atoms with Crippen molar-refractivity contribution in [3.8, 4) is 17.2 Å². The number of carbonyl (C=O) groups is 1. The average Bonchev–Trinajstić information content (AvgIpc) is 2.30. The largest absolute Gasteiger partial charge is 0.493 e. The normalized spacial score (nSPS) is 10.3. The van der Waals surface area contributed by atoms with Gasteiger partial charge in [-0.05, 0) is 18.6 Å². The molecule has 0 saturated heterocycles. The van der Waals surface area contributed by atoms with Crippen LogP contribution in [-0.2, 0) is 4.79 Å². The van der Waals surface area contributed by atoms with E-state index in [0.29, 0.717) is 6.42 Å². The Morgan fingerprint density at radius 2 is 2.06 bits per heavy atom. The number of halogens is 2. The van der Waals surface area contributed by atoms with Crippen molar-refractivity contribution in [3.05, 3.63) is 18.2 Å². The second kappa shape index (κ2) is 6.78. The number of hydrogen-bond donors (Lipinski definition) is 0. The fraction of sp³-hybridized carbons (Fsp3) is 0.417. The number of alkyl halides is 2. The van der Waals surface area contributed by atoms with E-state index in [9.17, 15) is 13.6 Å². The first-order chi connectivity index (χ1) is 8.56. The molecule has 4 nitrogen and oxygen atoms in total. The first kappa shape index (κ1) is 14.2. The highest BCUT2D eigenvalue weighted by Crippen LogP contribution is 2.32. The molecule has 0 saturated carbocycles. The van der Waals surface area contributed by atoms with Gasteiger partial charge in [0.2, 0.25) is 0 Å². The first-order valence-electron chi connectivity index (χ1n) is 5.40. The van der Waals surface area contributed by atoms with E-state index in [1.165, 1.54) is 25.3 Å². The number of esters is 1. The first-order valence-corrected chi connectivity index (χ1v) is 5.40. The highest BCUT2D eigenvalue weighted by atomic mass is 19.3. The van der Waals surface area contributed by atoms with Gasteiger partial charge in [0.1, 0.15) is 5.75 Å². The van der Waals surface area contributed by atoms with Crippen molar-refractivity contribution in [1.82, 2.24) is 0 Å². The maximum absolute atomic E-state index is 12.1. The van der Waals surface area contributed by atoms with Gasteiger partial charge in [-0.25, -0.2) is 0 Å². The summed E-state index contributed by atoms with van der Waals surface area (Å²) in [6.45, 7) is -1.09. The van der Waals surface area contributed by atoms with E-state index in [-0.39, 0.29) is 29.6 Å². The molecule has 6 heteroatoms. The summed E-state index contributed by atoms with van der Waals surface area (Å²) in [5.74, 6) is -0.186. The molecule has 0 aliphatic heterocycles. The molecule has 1 rings (SSSR count). The lowest BCUT2D eigenvalue weighted by Gasteiger charge is -2.11. The van der Waals surface area contributed by atoms with E-state index in [4.69, 9.17) is 9.47 Å². The molecule has 100 valence electrons. The molecule has 0 aliphatic carbocycles. The molecular weight excluding hydrogens is 246 g/mol. The molecule has 18 heavy (non-hydrogen) atoms. The summed E-state index contributed by atoms with van der Waals surface area (Å²) in [5, 5.41) is 0. The molecule has 0 N–H and O–H groups in total. The zero-order valence-corrected chi connectivity index (χ0v) is 10.1. The predicted octanol–water partition coefficient (Wildman–Crippen LogP) is 3.00. The minimum atomic E-state index is -2.94. The van der Waals surface area contributed by atoms with Crippen LogP contribution in [-0.4, -0.2) is 19.7 Å². The molecule has 0 spiro atoms. The van der Waals surface area contributed by atoms with Crippen LogP contribution in [0.25, 0.3) is 0 Å². The standard InChI is InChI=1S/C12H14F2O4/c1-3-4-11(15)17-8-5-6-9(18-12(13)14)10(7-8)16-2/h5-7,12H,3-4H2,1-2H3. The van der Waals surface area contributed by atoms with Crippen molar-refractivity contribution in [1.29, 1.82) is 0 Å². The van der Waals surface area contributed by atoms with Crippen LogP contribution in [0.1, 0.15) is 19.8 Å². The lowest BCUT2D eigenvalue weighted by Crippen LogP contribution is -2.07. The molecule has 0 atom stereocenters. The van der Waals surface area contributed by atoms with Crippen LogP contribution in [0.15, 0.2) is 18.2 Å². The van der Waals surface area contributed by atoms with E-state index in [1.54, 1.807) is 0 Å². The summed E-state index contributed by atoms with van der Waals surface area (Å²) in [7, 11) is 1.31. The Kier molecular flexibility index (Phi) is 5.35. The summed E-state index contributed by atoms with van der Waals surface area (Å²) in [6, 6.07) is 3.96. The average molecular weight is 260 g/mol. The maximum Gasteiger partial charge on any atom is 0.387 e. The van der Waals surface area contributed by atoms with Crippen LogP contribution in [0, 0.1) is 0 Å². The molecule has 0 aromatic heterocycles. The molecule has 1 aromatic carbocycles. The van der Waals surface area contributed by atoms with Gasteiger partial charge in [-0.3, -0.25) is 4.79 Å². The number of benzene rings is 1. The van der Waals surface area contributed by atoms with Gasteiger partial charge in [0.05, 0.1) is 7.11 Å². The summed E-state index contributed by atoms with van der Waals surface area (Å²) in [6.07, 6.45) is 0.958. The van der Waals surface area contributed by atoms with Crippen LogP contribution in [0.3, 0.4) is 0 Å². The molecule has 1 aromatic rings. The van der Waals surface area contributed by atoms with Crippen LogP contribution in [0.2, 0.25) is 0 Å². The van der Waals surface area contributed by atoms with Gasteiger partial charge in [0, 0.05) is 12.5 Å². The molecule has 0 aliphatic rings. The summed E-state index contributed by atoms with van der Waals surface area (Å²) < 4.78 is 38.3. The van der Waals surface area contributed by atoms with Gasteiger partial charge in [-0.1, -0.05) is 6.92 Å². The van der Waals surface area contributed by atoms with Gasteiger partial charge in [0.25, 0.3) is 0 Å². The second-order valence-electron chi connectivity index (χ2n) is 3.42. The van der Waals surface area contributed by atoms with E-state index in [0.717, 1.165) is 0 Å². The SMILES string of the molecule is CCCC(=O)Oc1ccc(OC(F)F)c(OC)c1. The smallest absolute Gasteiger partial charge is 0.387 e. The van der Waals surface area contributed by atoms with E-state index in [2.05, 4.69) is 4.74 Å². The highest BCUT2D eigenvalue weighted by Gasteiger charge is 2.12. The van der Waals surface area contributed by atoms with Crippen molar-refractivity contribution in [3.63, 3.8) is 0 Å². The maximum atomic E-state index is 12.1. The lowest BCUT2D eigenvalue weighted by molar-refractivity contribution is -0.134. The Bertz CT molecular complexity index is 407. The second-order valence-corrected chi connectivity index (χ2v) is 3.42. The van der Waals surface area contributed by atoms with Gasteiger partial charge in [-0.15, -0.1) is 0 Å². The fourth-order valence-electron chi connectivity index (χ4n) is 1.29. The van der Waals surface area contributed by atoms with Gasteiger partial charge >= 0.3 is 12.6 Å². The molecular formula is C12H14F2O4. The van der Waals surface area contributed by atoms with E-state index in [1.807, 2.05) is 6.92 Å². The molecule has 0 bridgehead atoms. The van der Waals surface area contributed by atoms with E-state index < -0.39 is 6.61 Å². The Morgan fingerprint density at radius 3 is 2.61 bits per heavy atom. The number of rotatable bonds is 6. The van der Waals surface area contributed by atoms with Crippen molar-refractivity contribution in [2.24, 2.45) is 0 Å². The zero-order chi connectivity index (χ0) is 13.5. The van der Waals surface area contributed by atoms with Crippen LogP contribution >= 0.6 is 0 Å². The van der Waals surface area contributed by atoms with Gasteiger partial charge in [0.15, 0.2) is 11.5 Å². The minimum Gasteiger partial charge on any atom is -0.493 e. The quantitative estimate of drug-likeness (QED) is 0.582. The van der Waals surface area contributed by atoms with Crippen molar-refractivity contribution >= 4 is 5.97 Å². The minimum absolute atomic E-state index is 0.0806. The lowest BCUT2D eigenvalue weighted by atomic mass is 10.3. The third kappa shape index (κ3) is 4.20. The van der Waals surface area contributed by atoms with Gasteiger partial charge in [-0.2, -0.15) is 8.78 Å². The molecule has 0 fully saturated rings. The van der Waals surface area contributed by atoms with Crippen molar-refractivity contribution in [2.75, 3.05) is 7.11 Å². The zero-order valence-electron chi connectivity index (χ0n) is 10.1. The monoisotopic (exact) mass is 260 g/mol. The number of hydrogen-bond acceptors (Lipinski definition) is 4. The molecule has 0 heterocycles. The number of carbonyl (C=O) groups excluding carboxylic acids is 1. The van der Waals surface area contributed by atoms with Crippen molar-refractivity contribution < 1.29 is 27.8 Å². The summed E-state index contributed by atoms with van der Waals surface area (Å²) >= 11 is 0. The Balaban J connectivity index is 2.81. The molecule has 0 radical (unpaired) electrons. The topological polar surface area (TPSA) is 44.8 Å². The molecule has 0 unspecified atom stereocenters. The third-order valence-electron chi connectivity index (χ3n) is 2.04. The summed E-state index contributed by atoms with van der Waals surface area (Å²) in [4.78, 5) is 11.3. The third-order valence-corrected chi connectivity index (χ3v) is 2.04. The number of ether oxygens (including phenoxy) is 3. The number of methoxy groups -OCH3 is 1. The van der Waals surface area contributed by atoms with Crippen molar-refractivity contribution in [2.45, 2.75) is 26.4 Å². The van der Waals surface area contributed by atoms with E-state index >= 15 is 0 Å². The predicted molar refractivity (Wildman–Crippen MR) is 60.2 cm³/mol. The van der Waals surface area contributed by atoms with Crippen LogP contribution < -0.4 is 14.2 Å². The Morgan fingerprint density at radius 1 is 1.33 bits per heavy atom.